The van der Waals surface area contributed by atoms with Crippen LogP contribution >= 0.6 is 0 Å². The molecule has 0 aliphatic carbocycles. The van der Waals surface area contributed by atoms with E-state index in [1.807, 2.05) is 26.0 Å². The summed E-state index contributed by atoms with van der Waals surface area (Å²) in [5, 5.41) is 5.52. The van der Waals surface area contributed by atoms with Gasteiger partial charge in [-0.15, -0.1) is 0 Å². The van der Waals surface area contributed by atoms with Gasteiger partial charge in [0, 0.05) is 18.9 Å². The monoisotopic (exact) mass is 321 g/mol. The summed E-state index contributed by atoms with van der Waals surface area (Å²) >= 11 is 0. The predicted molar refractivity (Wildman–Crippen MR) is 88.7 cm³/mol. The first-order valence-corrected chi connectivity index (χ1v) is 7.89. The number of ether oxygens (including phenoxy) is 1. The maximum atomic E-state index is 12.4. The normalized spacial score (nSPS) is 13.8. The van der Waals surface area contributed by atoms with E-state index in [1.54, 1.807) is 33.2 Å². The van der Waals surface area contributed by atoms with Gasteiger partial charge in [-0.3, -0.25) is 9.78 Å². The van der Waals surface area contributed by atoms with Crippen molar-refractivity contribution in [1.29, 1.82) is 0 Å². The Morgan fingerprint density at radius 3 is 2.39 bits per heavy atom. The summed E-state index contributed by atoms with van der Waals surface area (Å²) in [7, 11) is 0. The van der Waals surface area contributed by atoms with Crippen LogP contribution in [0.2, 0.25) is 0 Å². The molecule has 0 spiro atoms. The molecule has 1 aromatic rings. The van der Waals surface area contributed by atoms with Crippen LogP contribution in [-0.4, -0.2) is 28.6 Å². The van der Waals surface area contributed by atoms with Gasteiger partial charge in [-0.1, -0.05) is 20.3 Å². The predicted octanol–water partition coefficient (Wildman–Crippen LogP) is 2.64. The lowest BCUT2D eigenvalue weighted by molar-refractivity contribution is -0.124. The minimum atomic E-state index is -0.628. The molecule has 2 N–H and O–H groups in total. The van der Waals surface area contributed by atoms with E-state index in [0.717, 1.165) is 12.0 Å². The third kappa shape index (κ3) is 7.13. The summed E-state index contributed by atoms with van der Waals surface area (Å²) in [4.78, 5) is 28.3. The topological polar surface area (TPSA) is 80.3 Å². The summed E-state index contributed by atoms with van der Waals surface area (Å²) in [5.41, 5.74) is 0.353. The van der Waals surface area contributed by atoms with Gasteiger partial charge in [0.2, 0.25) is 5.91 Å². The number of carbonyl (C=O) groups is 2. The molecule has 0 saturated heterocycles. The standard InChI is InChI=1S/C17H27N3O3/c1-6-12(2)14(20-16(22)23-17(3,4)5)15(21)19-11-13-7-9-18-10-8-13/h7-10,12,14H,6,11H2,1-5H3,(H,19,21)(H,20,22). The molecule has 0 aliphatic rings. The van der Waals surface area contributed by atoms with Gasteiger partial charge in [0.15, 0.2) is 0 Å². The van der Waals surface area contributed by atoms with Crippen LogP contribution in [0.15, 0.2) is 24.5 Å². The number of amides is 2. The van der Waals surface area contributed by atoms with Gasteiger partial charge in [0.05, 0.1) is 0 Å². The average molecular weight is 321 g/mol. The van der Waals surface area contributed by atoms with Gasteiger partial charge < -0.3 is 15.4 Å². The second-order valence-electron chi connectivity index (χ2n) is 6.58. The molecule has 0 aromatic carbocycles. The van der Waals surface area contributed by atoms with Crippen molar-refractivity contribution < 1.29 is 14.3 Å². The van der Waals surface area contributed by atoms with E-state index in [-0.39, 0.29) is 11.8 Å². The quantitative estimate of drug-likeness (QED) is 0.844. The molecule has 0 fully saturated rings. The van der Waals surface area contributed by atoms with Crippen molar-refractivity contribution in [3.63, 3.8) is 0 Å². The molecule has 0 aliphatic heterocycles. The van der Waals surface area contributed by atoms with Crippen LogP contribution < -0.4 is 10.6 Å². The Bertz CT molecular complexity index is 512. The van der Waals surface area contributed by atoms with Crippen LogP contribution in [0.25, 0.3) is 0 Å². The van der Waals surface area contributed by atoms with Crippen LogP contribution in [-0.2, 0) is 16.1 Å². The van der Waals surface area contributed by atoms with E-state index < -0.39 is 17.7 Å². The first-order valence-electron chi connectivity index (χ1n) is 7.89. The summed E-state index contributed by atoms with van der Waals surface area (Å²) in [6, 6.07) is 3.04. The minimum Gasteiger partial charge on any atom is -0.444 e. The minimum absolute atomic E-state index is 0.0000385. The molecule has 0 radical (unpaired) electrons. The fraction of sp³-hybridized carbons (Fsp3) is 0.588. The Morgan fingerprint density at radius 2 is 1.87 bits per heavy atom. The van der Waals surface area contributed by atoms with Gasteiger partial charge in [-0.2, -0.15) is 0 Å². The molecule has 2 unspecified atom stereocenters. The van der Waals surface area contributed by atoms with E-state index in [4.69, 9.17) is 4.74 Å². The smallest absolute Gasteiger partial charge is 0.408 e. The Hall–Kier alpha value is -2.11. The third-order valence-electron chi connectivity index (χ3n) is 3.38. The Kier molecular flexibility index (Phi) is 7.00. The van der Waals surface area contributed by atoms with E-state index in [0.29, 0.717) is 6.54 Å². The number of nitrogens with zero attached hydrogens (tertiary/aromatic N) is 1. The highest BCUT2D eigenvalue weighted by Crippen LogP contribution is 2.11. The van der Waals surface area contributed by atoms with E-state index in [1.165, 1.54) is 0 Å². The molecule has 6 nitrogen and oxygen atoms in total. The zero-order chi connectivity index (χ0) is 17.5. The summed E-state index contributed by atoms with van der Waals surface area (Å²) in [6.07, 6.45) is 3.53. The highest BCUT2D eigenvalue weighted by atomic mass is 16.6. The van der Waals surface area contributed by atoms with Gasteiger partial charge in [-0.25, -0.2) is 4.79 Å². The van der Waals surface area contributed by atoms with Crippen LogP contribution in [0, 0.1) is 5.92 Å². The first kappa shape index (κ1) is 18.9. The van der Waals surface area contributed by atoms with Crippen molar-refractivity contribution in [1.82, 2.24) is 15.6 Å². The molecular weight excluding hydrogens is 294 g/mol. The Balaban J connectivity index is 2.65. The largest absolute Gasteiger partial charge is 0.444 e. The van der Waals surface area contributed by atoms with Gasteiger partial charge in [-0.05, 0) is 44.4 Å². The van der Waals surface area contributed by atoms with E-state index >= 15 is 0 Å². The van der Waals surface area contributed by atoms with Crippen molar-refractivity contribution in [2.24, 2.45) is 5.92 Å². The molecule has 2 amide bonds. The SMILES string of the molecule is CCC(C)C(NC(=O)OC(C)(C)C)C(=O)NCc1ccncc1. The van der Waals surface area contributed by atoms with E-state index in [9.17, 15) is 9.59 Å². The Morgan fingerprint density at radius 1 is 1.26 bits per heavy atom. The lowest BCUT2D eigenvalue weighted by atomic mass is 9.98. The van der Waals surface area contributed by atoms with Crippen LogP contribution in [0.5, 0.6) is 0 Å². The van der Waals surface area contributed by atoms with Crippen molar-refractivity contribution in [2.75, 3.05) is 0 Å². The molecule has 23 heavy (non-hydrogen) atoms. The molecular formula is C17H27N3O3. The highest BCUT2D eigenvalue weighted by molar-refractivity contribution is 5.85. The van der Waals surface area contributed by atoms with Crippen LogP contribution in [0.4, 0.5) is 4.79 Å². The fourth-order valence-corrected chi connectivity index (χ4v) is 1.94. The maximum Gasteiger partial charge on any atom is 0.408 e. The zero-order valence-electron chi connectivity index (χ0n) is 14.6. The van der Waals surface area contributed by atoms with Gasteiger partial charge >= 0.3 is 6.09 Å². The number of aromatic nitrogens is 1. The number of nitrogens with one attached hydrogen (secondary N) is 2. The van der Waals surface area contributed by atoms with E-state index in [2.05, 4.69) is 15.6 Å². The van der Waals surface area contributed by atoms with Crippen molar-refractivity contribution in [3.05, 3.63) is 30.1 Å². The third-order valence-corrected chi connectivity index (χ3v) is 3.38. The molecule has 0 bridgehead atoms. The van der Waals surface area contributed by atoms with Crippen molar-refractivity contribution in [2.45, 2.75) is 59.2 Å². The van der Waals surface area contributed by atoms with Crippen molar-refractivity contribution >= 4 is 12.0 Å². The molecule has 1 aromatic heterocycles. The molecule has 128 valence electrons. The second kappa shape index (κ2) is 8.50. The molecule has 2 atom stereocenters. The molecule has 1 rings (SSSR count). The second-order valence-corrected chi connectivity index (χ2v) is 6.58. The number of rotatable bonds is 6. The number of pyridine rings is 1. The average Bonchev–Trinajstić information content (AvgIpc) is 2.49. The fourth-order valence-electron chi connectivity index (χ4n) is 1.94. The summed E-state index contributed by atoms with van der Waals surface area (Å²) in [6.45, 7) is 9.65. The molecule has 0 saturated carbocycles. The summed E-state index contributed by atoms with van der Waals surface area (Å²) in [5.74, 6) is -0.220. The van der Waals surface area contributed by atoms with Gasteiger partial charge in [0.1, 0.15) is 11.6 Å². The van der Waals surface area contributed by atoms with Crippen LogP contribution in [0.1, 0.15) is 46.6 Å². The maximum absolute atomic E-state index is 12.4. The number of hydrogen-bond donors (Lipinski definition) is 2. The number of alkyl carbamates (subject to hydrolysis) is 1. The highest BCUT2D eigenvalue weighted by Gasteiger charge is 2.28. The molecule has 6 heteroatoms. The zero-order valence-corrected chi connectivity index (χ0v) is 14.6. The first-order chi connectivity index (χ1) is 10.7. The number of carbonyl (C=O) groups excluding carboxylic acids is 2. The van der Waals surface area contributed by atoms with Gasteiger partial charge in [0.25, 0.3) is 0 Å². The number of hydrogen-bond acceptors (Lipinski definition) is 4. The Labute approximate surface area is 138 Å². The molecule has 1 heterocycles. The summed E-state index contributed by atoms with van der Waals surface area (Å²) < 4.78 is 5.24. The lowest BCUT2D eigenvalue weighted by Crippen LogP contribution is -2.51. The van der Waals surface area contributed by atoms with Crippen LogP contribution in [0.3, 0.4) is 0 Å². The van der Waals surface area contributed by atoms with Crippen molar-refractivity contribution in [3.8, 4) is 0 Å². The lowest BCUT2D eigenvalue weighted by Gasteiger charge is -2.26.